The Hall–Kier alpha value is -2.42. The van der Waals surface area contributed by atoms with E-state index in [4.69, 9.17) is 26.4 Å². The summed E-state index contributed by atoms with van der Waals surface area (Å²) in [5.41, 5.74) is 1.13. The fourth-order valence-corrected chi connectivity index (χ4v) is 6.87. The predicted molar refractivity (Wildman–Crippen MR) is 136 cm³/mol. The van der Waals surface area contributed by atoms with Gasteiger partial charge in [-0.05, 0) is 25.0 Å². The number of nitrogens with one attached hydrogen (secondary N) is 1. The van der Waals surface area contributed by atoms with E-state index >= 15 is 0 Å². The first-order chi connectivity index (χ1) is 17.6. The molecule has 0 bridgehead atoms. The summed E-state index contributed by atoms with van der Waals surface area (Å²) in [7, 11) is -2.53. The second kappa shape index (κ2) is 11.5. The van der Waals surface area contributed by atoms with E-state index in [2.05, 4.69) is 10.3 Å². The summed E-state index contributed by atoms with van der Waals surface area (Å²) in [6.45, 7) is -0.353. The van der Waals surface area contributed by atoms with Crippen molar-refractivity contribution in [3.63, 3.8) is 0 Å². The highest BCUT2D eigenvalue weighted by Gasteiger charge is 2.39. The maximum atomic E-state index is 13.8. The number of aliphatic imine (C=N–C) groups is 1. The minimum absolute atomic E-state index is 0.0956. The summed E-state index contributed by atoms with van der Waals surface area (Å²) in [4.78, 5) is 22.1. The Morgan fingerprint density at radius 3 is 2.70 bits per heavy atom. The monoisotopic (exact) mass is 572 g/mol. The van der Waals surface area contributed by atoms with Crippen molar-refractivity contribution in [2.45, 2.75) is 25.0 Å². The van der Waals surface area contributed by atoms with E-state index in [-0.39, 0.29) is 29.6 Å². The topological polar surface area (TPSA) is 141 Å². The highest BCUT2D eigenvalue weighted by Crippen LogP contribution is 2.40. The summed E-state index contributed by atoms with van der Waals surface area (Å²) >= 11 is 7.72. The third-order valence-electron chi connectivity index (χ3n) is 6.24. The Labute approximate surface area is 222 Å². The second-order valence-corrected chi connectivity index (χ2v) is 11.9. The number of hydrogen-bond donors (Lipinski definition) is 3. The number of piperidine rings is 1. The molecule has 200 valence electrons. The predicted octanol–water partition coefficient (Wildman–Crippen LogP) is 1.85. The molecule has 2 aliphatic rings. The Kier molecular flexibility index (Phi) is 8.61. The summed E-state index contributed by atoms with van der Waals surface area (Å²) in [5.74, 6) is -1.61. The van der Waals surface area contributed by atoms with E-state index in [1.165, 1.54) is 34.9 Å². The lowest BCUT2D eigenvalue weighted by Crippen LogP contribution is -2.45. The average molecular weight is 573 g/mol. The number of allylic oxidation sites excluding steroid dienone is 1. The molecule has 2 unspecified atom stereocenters. The van der Waals surface area contributed by atoms with Crippen LogP contribution in [0.2, 0.25) is 5.02 Å². The Bertz CT molecular complexity index is 1310. The van der Waals surface area contributed by atoms with Gasteiger partial charge in [0.05, 0.1) is 31.1 Å². The van der Waals surface area contributed by atoms with Crippen LogP contribution in [0.4, 0.5) is 4.39 Å². The van der Waals surface area contributed by atoms with E-state index in [1.54, 1.807) is 11.6 Å². The lowest BCUT2D eigenvalue weighted by Gasteiger charge is -2.36. The summed E-state index contributed by atoms with van der Waals surface area (Å²) < 4.78 is 45.5. The van der Waals surface area contributed by atoms with E-state index in [1.807, 2.05) is 0 Å². The molecule has 1 saturated heterocycles. The van der Waals surface area contributed by atoms with Crippen LogP contribution in [0.3, 0.4) is 0 Å². The first-order valence-corrected chi connectivity index (χ1v) is 14.3. The molecule has 0 amide bonds. The molecule has 37 heavy (non-hydrogen) atoms. The van der Waals surface area contributed by atoms with Crippen LogP contribution in [-0.4, -0.2) is 78.4 Å². The standard InChI is InChI=1S/C23H26ClFN4O6S2/c1-35-23(32)18-19(13-4-7-29(8-5-13)37(33,34)12-15(31)11-30)27-21(22-26-6-9-36-22)28-20(18)16-3-2-14(25)10-17(16)24/h2-3,6,9-10,13,15,20,30-31H,4-5,7-8,11-12H2,1H3,(H,27,28). The maximum Gasteiger partial charge on any atom is 0.338 e. The molecule has 0 radical (unpaired) electrons. The van der Waals surface area contributed by atoms with Crippen LogP contribution in [0.15, 0.2) is 46.0 Å². The van der Waals surface area contributed by atoms with Crippen LogP contribution >= 0.6 is 22.9 Å². The quantitative estimate of drug-likeness (QED) is 0.407. The van der Waals surface area contributed by atoms with Gasteiger partial charge in [-0.2, -0.15) is 0 Å². The zero-order chi connectivity index (χ0) is 26.7. The molecule has 1 aromatic carbocycles. The van der Waals surface area contributed by atoms with E-state index in [9.17, 15) is 22.7 Å². The number of halogens is 2. The number of thiazole rings is 1. The van der Waals surface area contributed by atoms with Gasteiger partial charge in [-0.15, -0.1) is 11.3 Å². The van der Waals surface area contributed by atoms with Gasteiger partial charge in [0.1, 0.15) is 11.9 Å². The SMILES string of the molecule is COC(=O)C1=C(C2CCN(S(=O)(=O)CC(O)CO)CC2)NC(c2nccs2)=NC1c1ccc(F)cc1Cl. The lowest BCUT2D eigenvalue weighted by atomic mass is 9.86. The van der Waals surface area contributed by atoms with Crippen LogP contribution in [0, 0.1) is 11.7 Å². The molecular weight excluding hydrogens is 547 g/mol. The zero-order valence-corrected chi connectivity index (χ0v) is 22.2. The van der Waals surface area contributed by atoms with Crippen molar-refractivity contribution >= 4 is 44.8 Å². The van der Waals surface area contributed by atoms with Gasteiger partial charge in [-0.25, -0.2) is 26.9 Å². The fourth-order valence-electron chi connectivity index (χ4n) is 4.44. The number of aliphatic hydroxyl groups is 2. The van der Waals surface area contributed by atoms with Crippen LogP contribution in [0.1, 0.15) is 29.5 Å². The number of carbonyl (C=O) groups is 1. The number of aromatic nitrogens is 1. The molecule has 3 N–H and O–H groups in total. The van der Waals surface area contributed by atoms with Gasteiger partial charge in [-0.3, -0.25) is 4.99 Å². The highest BCUT2D eigenvalue weighted by atomic mass is 35.5. The molecule has 3 heterocycles. The number of rotatable bonds is 8. The number of nitrogens with zero attached hydrogens (tertiary/aromatic N) is 3. The molecule has 4 rings (SSSR count). The third-order valence-corrected chi connectivity index (χ3v) is 9.31. The molecule has 2 aromatic rings. The normalized spacial score (nSPS) is 20.4. The number of hydrogen-bond acceptors (Lipinski definition) is 10. The van der Waals surface area contributed by atoms with Crippen LogP contribution < -0.4 is 5.32 Å². The number of carbonyl (C=O) groups excluding carboxylic acids is 1. The number of amidine groups is 1. The van der Waals surface area contributed by atoms with E-state index in [0.29, 0.717) is 34.9 Å². The summed E-state index contributed by atoms with van der Waals surface area (Å²) in [6.07, 6.45) is 0.987. The molecule has 2 atom stereocenters. The molecule has 1 aromatic heterocycles. The molecule has 1 fully saturated rings. The number of ether oxygens (including phenoxy) is 1. The third kappa shape index (κ3) is 6.02. The maximum absolute atomic E-state index is 13.8. The number of benzene rings is 1. The van der Waals surface area contributed by atoms with Crippen molar-refractivity contribution < 1.29 is 32.6 Å². The van der Waals surface area contributed by atoms with Gasteiger partial charge < -0.3 is 20.3 Å². The van der Waals surface area contributed by atoms with Gasteiger partial charge in [0, 0.05) is 46.9 Å². The van der Waals surface area contributed by atoms with Crippen molar-refractivity contribution in [1.82, 2.24) is 14.6 Å². The zero-order valence-electron chi connectivity index (χ0n) is 19.8. The number of esters is 1. The molecule has 0 saturated carbocycles. The van der Waals surface area contributed by atoms with Crippen molar-refractivity contribution in [1.29, 1.82) is 0 Å². The Morgan fingerprint density at radius 1 is 1.38 bits per heavy atom. The molecular formula is C23H26ClFN4O6S2. The lowest BCUT2D eigenvalue weighted by molar-refractivity contribution is -0.136. The first-order valence-electron chi connectivity index (χ1n) is 11.4. The van der Waals surface area contributed by atoms with Crippen molar-refractivity contribution in [2.75, 3.05) is 32.6 Å². The second-order valence-electron chi connectivity index (χ2n) is 8.62. The van der Waals surface area contributed by atoms with Gasteiger partial charge in [0.25, 0.3) is 0 Å². The molecule has 10 nitrogen and oxygen atoms in total. The summed E-state index contributed by atoms with van der Waals surface area (Å²) in [5, 5.41) is 24.3. The number of aliphatic hydroxyl groups excluding tert-OH is 2. The van der Waals surface area contributed by atoms with Gasteiger partial charge >= 0.3 is 5.97 Å². The highest BCUT2D eigenvalue weighted by molar-refractivity contribution is 7.89. The van der Waals surface area contributed by atoms with Gasteiger partial charge in [-0.1, -0.05) is 17.7 Å². The first kappa shape index (κ1) is 27.6. The van der Waals surface area contributed by atoms with Crippen molar-refractivity contribution in [2.24, 2.45) is 10.9 Å². The van der Waals surface area contributed by atoms with E-state index < -0.39 is 46.3 Å². The minimum atomic E-state index is -3.78. The average Bonchev–Trinajstić information content (AvgIpc) is 3.42. The van der Waals surface area contributed by atoms with Crippen LogP contribution in [-0.2, 0) is 19.6 Å². The number of methoxy groups -OCH3 is 1. The van der Waals surface area contributed by atoms with Crippen molar-refractivity contribution in [3.05, 3.63) is 62.5 Å². The van der Waals surface area contributed by atoms with Crippen molar-refractivity contribution in [3.8, 4) is 0 Å². The molecule has 0 spiro atoms. The number of sulfonamides is 1. The summed E-state index contributed by atoms with van der Waals surface area (Å²) in [6, 6.07) is 2.95. The van der Waals surface area contributed by atoms with E-state index in [0.717, 1.165) is 6.07 Å². The smallest absolute Gasteiger partial charge is 0.338 e. The molecule has 14 heteroatoms. The van der Waals surface area contributed by atoms with Crippen LogP contribution in [0.25, 0.3) is 0 Å². The minimum Gasteiger partial charge on any atom is -0.466 e. The fraction of sp³-hybridized carbons (Fsp3) is 0.435. The van der Waals surface area contributed by atoms with Gasteiger partial charge in [0.15, 0.2) is 10.8 Å². The van der Waals surface area contributed by atoms with Crippen LogP contribution in [0.5, 0.6) is 0 Å². The Morgan fingerprint density at radius 2 is 2.11 bits per heavy atom. The largest absolute Gasteiger partial charge is 0.466 e. The molecule has 0 aliphatic carbocycles. The molecule has 2 aliphatic heterocycles. The Balaban J connectivity index is 1.72. The van der Waals surface area contributed by atoms with Gasteiger partial charge in [0.2, 0.25) is 10.0 Å².